The van der Waals surface area contributed by atoms with Gasteiger partial charge in [0.15, 0.2) is 0 Å². The van der Waals surface area contributed by atoms with Crippen LogP contribution in [0.15, 0.2) is 200 Å². The number of hydrogen-bond donors (Lipinski definition) is 6. The molecule has 16 aliphatic rings. The normalized spacial score (nSPS) is 29.0. The molecule has 10 nitrogen and oxygen atoms in total. The Hall–Kier alpha value is -10.6. The van der Waals surface area contributed by atoms with Crippen molar-refractivity contribution in [2.75, 3.05) is 7.11 Å². The molecule has 0 unspecified atom stereocenters. The lowest BCUT2D eigenvalue weighted by atomic mass is 9.47. The fourth-order valence-corrected chi connectivity index (χ4v) is 29.9. The fraction of sp³-hybridized carbons (Fsp3) is 0.407. The molecule has 0 radical (unpaired) electrons. The minimum atomic E-state index is -1.13. The van der Waals surface area contributed by atoms with E-state index in [2.05, 4.69) is 149 Å². The first-order valence-corrected chi connectivity index (χ1v) is 46.3. The van der Waals surface area contributed by atoms with Crippen molar-refractivity contribution < 1.29 is 49.8 Å². The maximum atomic E-state index is 11.9. The maximum absolute atomic E-state index is 11.9. The van der Waals surface area contributed by atoms with E-state index in [1.165, 1.54) is 251 Å². The molecule has 0 saturated heterocycles. The second kappa shape index (κ2) is 30.7. The maximum Gasteiger partial charge on any atom is 0.337 e. The molecule has 0 aliphatic heterocycles. The summed E-state index contributed by atoms with van der Waals surface area (Å²) >= 11 is 0. The summed E-state index contributed by atoms with van der Waals surface area (Å²) in [5, 5.41) is 66.5. The van der Waals surface area contributed by atoms with E-state index in [9.17, 15) is 45.0 Å². The van der Waals surface area contributed by atoms with E-state index in [-0.39, 0.29) is 46.4 Å². The lowest BCUT2D eigenvalue weighted by Gasteiger charge is -2.57. The van der Waals surface area contributed by atoms with Gasteiger partial charge in [-0.1, -0.05) is 127 Å². The monoisotopic (exact) mass is 1630 g/mol. The number of benzene rings is 12. The molecule has 12 aromatic rings. The minimum absolute atomic E-state index is 0.0187. The second-order valence-corrected chi connectivity index (χ2v) is 41.9. The van der Waals surface area contributed by atoms with E-state index in [1.807, 2.05) is 48.5 Å². The largest absolute Gasteiger partial charge is 0.507 e. The molecule has 0 aromatic heterocycles. The number of carboxylic acid groups (broad SMARTS) is 2. The highest BCUT2D eigenvalue weighted by Gasteiger charge is 2.56. The Balaban J connectivity index is 0.000000101. The topological polar surface area (TPSA) is 182 Å². The average Bonchev–Trinajstić information content (AvgIpc) is 0.738. The van der Waals surface area contributed by atoms with Crippen LogP contribution in [0.3, 0.4) is 0 Å². The van der Waals surface area contributed by atoms with E-state index in [0.29, 0.717) is 38.0 Å². The van der Waals surface area contributed by atoms with Crippen LogP contribution in [0.5, 0.6) is 17.2 Å². The summed E-state index contributed by atoms with van der Waals surface area (Å²) in [6.45, 7) is 9.22. The molecule has 16 fully saturated rings. The van der Waals surface area contributed by atoms with Gasteiger partial charge in [0.2, 0.25) is 0 Å². The first-order chi connectivity index (χ1) is 59.3. The molecule has 6 N–H and O–H groups in total. The number of hydrogen-bond acceptors (Lipinski definition) is 8. The zero-order valence-electron chi connectivity index (χ0n) is 72.0. The number of aromatic hydroxyl groups is 3. The van der Waals surface area contributed by atoms with Gasteiger partial charge in [0, 0.05) is 16.2 Å². The molecule has 0 amide bonds. The van der Waals surface area contributed by atoms with E-state index >= 15 is 0 Å². The molecule has 16 bridgehead atoms. The summed E-state index contributed by atoms with van der Waals surface area (Å²) in [5.74, 6) is 8.57. The SMILES string of the molecule is COC(=O)c1ccc2cc(-c3ccc(C)c(C45CC6CC(CC(C6)C4)C5)c3)ccc2c1.Cc1ccc(-c2cc(O)c3cc(C(=O)O)cc(O)c3c2)cc1C12CC3CC(CC(C3)C1)C2.Cc1ccc(-c2ccc3cc(C(=O)O)cc(O)c3c2)cc1C12CC3CC(CC(C3)C1)C2.Cc1ccc(-c2ccc3cc(CO)ccc3c2)cc1C12CC3CC(CC(C3)C1)C2. The zero-order chi connectivity index (χ0) is 84.3. The van der Waals surface area contributed by atoms with Gasteiger partial charge in [-0.25, -0.2) is 14.4 Å². The van der Waals surface area contributed by atoms with Crippen LogP contribution in [0.2, 0.25) is 0 Å². The molecule has 0 spiro atoms. The van der Waals surface area contributed by atoms with Gasteiger partial charge in [-0.3, -0.25) is 0 Å². The van der Waals surface area contributed by atoms with Crippen LogP contribution in [0, 0.1) is 98.7 Å². The van der Waals surface area contributed by atoms with Crippen molar-refractivity contribution in [2.24, 2.45) is 71.0 Å². The van der Waals surface area contributed by atoms with Crippen LogP contribution in [0.1, 0.15) is 235 Å². The van der Waals surface area contributed by atoms with Crippen molar-refractivity contribution in [3.63, 3.8) is 0 Å². The number of carboxylic acids is 2. The summed E-state index contributed by atoms with van der Waals surface area (Å²) in [7, 11) is 1.43. The number of fused-ring (bicyclic) bond motifs is 4. The quantitative estimate of drug-likeness (QED) is 0.0644. The molecule has 0 heterocycles. The highest BCUT2D eigenvalue weighted by atomic mass is 16.5. The Bertz CT molecular complexity index is 6150. The predicted molar refractivity (Wildman–Crippen MR) is 492 cm³/mol. The molecule has 628 valence electrons. The molecule has 123 heavy (non-hydrogen) atoms. The summed E-state index contributed by atoms with van der Waals surface area (Å²) in [5.41, 5.74) is 24.4. The van der Waals surface area contributed by atoms with Crippen molar-refractivity contribution in [3.8, 4) is 61.8 Å². The van der Waals surface area contributed by atoms with E-state index in [1.54, 1.807) is 23.3 Å². The van der Waals surface area contributed by atoms with Gasteiger partial charge in [0.05, 0.1) is 30.4 Å². The number of esters is 1. The minimum Gasteiger partial charge on any atom is -0.507 e. The van der Waals surface area contributed by atoms with Gasteiger partial charge < -0.3 is 35.4 Å². The smallest absolute Gasteiger partial charge is 0.337 e. The van der Waals surface area contributed by atoms with Crippen molar-refractivity contribution in [1.82, 2.24) is 0 Å². The standard InChI is InChI=1S/C29H30O2.C28H28O4.C28H28O3.C28H30O/c1-18-3-4-25(14-27(18)29-15-19-9-20(16-29)11-21(10-19)17-29)23-5-6-24-13-26(28(30)31-2)8-7-22(24)12-23;1-15-2-3-19(9-24(15)28-12-16-4-17(13-28)6-18(5-16)14-28)20-7-22-23(25(29)10-20)8-21(27(31)32)11-26(22)30;1-16-2-3-21(11-25(16)28-13-17-6-18(14-28)8-19(7-17)15-28)20-4-5-22-9-23(27(30)31)12-26(29)24(22)10-20;1-18-2-4-26(25-7-6-23-11-19(17-29)3-5-24(23)12-25)13-27(18)28-14-20-8-21(15-28)10-22(9-20)16-28/h3-8,12-14,19-21H,9-11,15-17H2,1-2H3;2-3,7-11,16-18,29-30H,4-6,12-14H2,1H3,(H,31,32);2-5,9-12,17-19,29H,6-8,13-15H2,1H3,(H,30,31);2-7,11-13,20-22,29H,8-10,14-17H2,1H3. The Kier molecular flexibility index (Phi) is 19.9. The van der Waals surface area contributed by atoms with E-state index in [0.717, 1.165) is 109 Å². The van der Waals surface area contributed by atoms with Crippen molar-refractivity contribution in [1.29, 1.82) is 0 Å². The third kappa shape index (κ3) is 14.6. The molecular formula is C113H116O10. The van der Waals surface area contributed by atoms with Gasteiger partial charge in [-0.05, 0) is 469 Å². The third-order valence-corrected chi connectivity index (χ3v) is 33.5. The first kappa shape index (κ1) is 79.6. The Morgan fingerprint density at radius 1 is 0.285 bits per heavy atom. The highest BCUT2D eigenvalue weighted by molar-refractivity contribution is 6.03. The van der Waals surface area contributed by atoms with Crippen molar-refractivity contribution in [3.05, 3.63) is 267 Å². The second-order valence-electron chi connectivity index (χ2n) is 41.9. The van der Waals surface area contributed by atoms with Crippen LogP contribution in [0.4, 0.5) is 0 Å². The lowest BCUT2D eigenvalue weighted by Crippen LogP contribution is -2.48. The molecular weight excluding hydrogens is 1520 g/mol. The fourth-order valence-electron chi connectivity index (χ4n) is 29.9. The lowest BCUT2D eigenvalue weighted by molar-refractivity contribution is -0.00557. The van der Waals surface area contributed by atoms with Gasteiger partial charge in [-0.15, -0.1) is 0 Å². The average molecular weight is 1630 g/mol. The first-order valence-electron chi connectivity index (χ1n) is 46.3. The number of ether oxygens (including phenoxy) is 1. The molecule has 12 aromatic carbocycles. The van der Waals surface area contributed by atoms with Crippen LogP contribution < -0.4 is 0 Å². The van der Waals surface area contributed by atoms with E-state index in [4.69, 9.17) is 4.74 Å². The zero-order valence-corrected chi connectivity index (χ0v) is 72.0. The number of phenolic OH excluding ortho intramolecular Hbond substituents is 3. The molecule has 16 saturated carbocycles. The predicted octanol–water partition coefficient (Wildman–Crippen LogP) is 26.9. The van der Waals surface area contributed by atoms with Gasteiger partial charge in [-0.2, -0.15) is 0 Å². The van der Waals surface area contributed by atoms with Crippen LogP contribution >= 0.6 is 0 Å². The number of rotatable bonds is 12. The highest BCUT2D eigenvalue weighted by Crippen LogP contribution is 2.66. The molecule has 0 atom stereocenters. The van der Waals surface area contributed by atoms with Crippen LogP contribution in [0.25, 0.3) is 87.6 Å². The third-order valence-electron chi connectivity index (χ3n) is 33.5. The van der Waals surface area contributed by atoms with Gasteiger partial charge in [0.1, 0.15) is 17.2 Å². The summed E-state index contributed by atoms with van der Waals surface area (Å²) in [6, 6.07) is 68.3. The number of aliphatic hydroxyl groups is 1. The number of aliphatic hydroxyl groups excluding tert-OH is 1. The van der Waals surface area contributed by atoms with Gasteiger partial charge in [0.25, 0.3) is 0 Å². The number of carbonyl (C=O) groups is 3. The van der Waals surface area contributed by atoms with Crippen LogP contribution in [-0.4, -0.2) is 55.7 Å². The van der Waals surface area contributed by atoms with E-state index < -0.39 is 11.9 Å². The number of carbonyl (C=O) groups excluding carboxylic acids is 1. The van der Waals surface area contributed by atoms with Crippen LogP contribution in [-0.2, 0) is 33.0 Å². The summed E-state index contributed by atoms with van der Waals surface area (Å²) in [4.78, 5) is 34.5. The molecule has 16 aliphatic carbocycles. The Labute approximate surface area is 723 Å². The molecule has 28 rings (SSSR count). The summed E-state index contributed by atoms with van der Waals surface area (Å²) in [6.07, 6.45) is 33.9. The number of aromatic carboxylic acids is 2. The Morgan fingerprint density at radius 3 is 0.919 bits per heavy atom. The number of methoxy groups -OCH3 is 1. The number of phenols is 3. The number of aryl methyl sites for hydroxylation is 4. The van der Waals surface area contributed by atoms with Gasteiger partial charge >= 0.3 is 17.9 Å². The molecule has 10 heteroatoms. The van der Waals surface area contributed by atoms with Crippen molar-refractivity contribution >= 4 is 61.0 Å². The van der Waals surface area contributed by atoms with Crippen molar-refractivity contribution in [2.45, 2.75) is 210 Å². The Morgan fingerprint density at radius 2 is 0.553 bits per heavy atom. The summed E-state index contributed by atoms with van der Waals surface area (Å²) < 4.78 is 4.86.